The summed E-state index contributed by atoms with van der Waals surface area (Å²) in [5.41, 5.74) is 5.73. The second-order valence-corrected chi connectivity index (χ2v) is 5.42. The summed E-state index contributed by atoms with van der Waals surface area (Å²) in [7, 11) is 1.65. The van der Waals surface area contributed by atoms with Crippen molar-refractivity contribution in [1.82, 2.24) is 0 Å². The van der Waals surface area contributed by atoms with E-state index >= 15 is 0 Å². The van der Waals surface area contributed by atoms with E-state index in [1.807, 2.05) is 24.3 Å². The smallest absolute Gasteiger partial charge is 0.120 e. The lowest BCUT2D eigenvalue weighted by atomic mass is 9.94. The van der Waals surface area contributed by atoms with Crippen molar-refractivity contribution in [2.24, 2.45) is 0 Å². The molecule has 0 saturated heterocycles. The van der Waals surface area contributed by atoms with Crippen molar-refractivity contribution in [2.75, 3.05) is 19.0 Å². The van der Waals surface area contributed by atoms with E-state index in [2.05, 4.69) is 38.2 Å². The molecule has 0 aliphatic rings. The molecule has 0 aromatic heterocycles. The Morgan fingerprint density at radius 3 is 2.33 bits per heavy atom. The highest BCUT2D eigenvalue weighted by molar-refractivity contribution is 5.52. The molecular weight excluding hydrogens is 262 g/mol. The molecule has 0 fully saturated rings. The monoisotopic (exact) mass is 285 g/mol. The number of methoxy groups -OCH3 is 1. The summed E-state index contributed by atoms with van der Waals surface area (Å²) in [4.78, 5) is 0. The van der Waals surface area contributed by atoms with E-state index in [0.717, 1.165) is 17.0 Å². The standard InChI is InChI=1S/C18H23NO2/c1-12-8-13(2)18(14(3)9-12)17(11-20)19-15-6-5-7-16(10-15)21-4/h5-10,17,19-20H,11H2,1-4H3. The Bertz CT molecular complexity index is 599. The third-order valence-corrected chi connectivity index (χ3v) is 3.68. The highest BCUT2D eigenvalue weighted by Gasteiger charge is 2.16. The van der Waals surface area contributed by atoms with Gasteiger partial charge in [-0.1, -0.05) is 23.8 Å². The molecule has 0 aliphatic carbocycles. The Balaban J connectivity index is 2.32. The highest BCUT2D eigenvalue weighted by atomic mass is 16.5. The van der Waals surface area contributed by atoms with Crippen LogP contribution in [0.5, 0.6) is 5.75 Å². The maximum atomic E-state index is 9.79. The minimum Gasteiger partial charge on any atom is -0.497 e. The average Bonchev–Trinajstić information content (AvgIpc) is 2.45. The van der Waals surface area contributed by atoms with Gasteiger partial charge < -0.3 is 15.2 Å². The van der Waals surface area contributed by atoms with Crippen molar-refractivity contribution < 1.29 is 9.84 Å². The zero-order valence-electron chi connectivity index (χ0n) is 13.1. The second kappa shape index (κ2) is 6.64. The predicted molar refractivity (Wildman–Crippen MR) is 87.1 cm³/mol. The van der Waals surface area contributed by atoms with Crippen LogP contribution in [-0.2, 0) is 0 Å². The lowest BCUT2D eigenvalue weighted by molar-refractivity contribution is 0.275. The third-order valence-electron chi connectivity index (χ3n) is 3.68. The van der Waals surface area contributed by atoms with Gasteiger partial charge in [-0.05, 0) is 49.6 Å². The van der Waals surface area contributed by atoms with Gasteiger partial charge in [-0.15, -0.1) is 0 Å². The van der Waals surface area contributed by atoms with Gasteiger partial charge in [0.1, 0.15) is 5.75 Å². The van der Waals surface area contributed by atoms with Gasteiger partial charge >= 0.3 is 0 Å². The zero-order valence-corrected chi connectivity index (χ0v) is 13.1. The number of hydrogen-bond acceptors (Lipinski definition) is 3. The molecule has 0 spiro atoms. The molecule has 2 rings (SSSR count). The molecule has 0 bridgehead atoms. The normalized spacial score (nSPS) is 12.0. The van der Waals surface area contributed by atoms with E-state index in [4.69, 9.17) is 4.74 Å². The highest BCUT2D eigenvalue weighted by Crippen LogP contribution is 2.27. The van der Waals surface area contributed by atoms with Gasteiger partial charge in [-0.3, -0.25) is 0 Å². The van der Waals surface area contributed by atoms with E-state index in [0.29, 0.717) is 0 Å². The number of aliphatic hydroxyl groups is 1. The van der Waals surface area contributed by atoms with Crippen molar-refractivity contribution in [3.63, 3.8) is 0 Å². The third kappa shape index (κ3) is 3.56. The first-order valence-electron chi connectivity index (χ1n) is 7.14. The van der Waals surface area contributed by atoms with Gasteiger partial charge in [0.05, 0.1) is 19.8 Å². The lowest BCUT2D eigenvalue weighted by Crippen LogP contribution is -2.17. The number of benzene rings is 2. The van der Waals surface area contributed by atoms with Crippen molar-refractivity contribution >= 4 is 5.69 Å². The first-order chi connectivity index (χ1) is 10.0. The fraction of sp³-hybridized carbons (Fsp3) is 0.333. The molecule has 3 nitrogen and oxygen atoms in total. The Hall–Kier alpha value is -2.00. The molecule has 0 aliphatic heterocycles. The number of ether oxygens (including phenoxy) is 1. The van der Waals surface area contributed by atoms with E-state index in [9.17, 15) is 5.11 Å². The average molecular weight is 285 g/mol. The molecular formula is C18H23NO2. The maximum absolute atomic E-state index is 9.79. The fourth-order valence-corrected chi connectivity index (χ4v) is 2.86. The number of nitrogens with one attached hydrogen (secondary N) is 1. The van der Waals surface area contributed by atoms with Gasteiger partial charge in [-0.2, -0.15) is 0 Å². The molecule has 0 saturated carbocycles. The van der Waals surface area contributed by atoms with Crippen LogP contribution in [0.15, 0.2) is 36.4 Å². The van der Waals surface area contributed by atoms with Crippen LogP contribution in [-0.4, -0.2) is 18.8 Å². The molecule has 21 heavy (non-hydrogen) atoms. The summed E-state index contributed by atoms with van der Waals surface area (Å²) in [5, 5.41) is 13.2. The molecule has 2 aromatic carbocycles. The minimum atomic E-state index is -0.127. The van der Waals surface area contributed by atoms with Crippen LogP contribution in [0.2, 0.25) is 0 Å². The molecule has 3 heteroatoms. The molecule has 0 heterocycles. The maximum Gasteiger partial charge on any atom is 0.120 e. The summed E-state index contributed by atoms with van der Waals surface area (Å²) in [6.45, 7) is 6.31. The number of anilines is 1. The van der Waals surface area contributed by atoms with Crippen molar-refractivity contribution in [2.45, 2.75) is 26.8 Å². The zero-order chi connectivity index (χ0) is 15.4. The van der Waals surface area contributed by atoms with Crippen LogP contribution < -0.4 is 10.1 Å². The molecule has 112 valence electrons. The van der Waals surface area contributed by atoms with Crippen molar-refractivity contribution in [3.05, 3.63) is 58.7 Å². The van der Waals surface area contributed by atoms with E-state index in [1.54, 1.807) is 7.11 Å². The Labute approximate surface area is 126 Å². The van der Waals surface area contributed by atoms with Crippen LogP contribution in [0.1, 0.15) is 28.3 Å². The first-order valence-corrected chi connectivity index (χ1v) is 7.14. The Kier molecular flexibility index (Phi) is 4.86. The van der Waals surface area contributed by atoms with Crippen LogP contribution in [0.25, 0.3) is 0 Å². The van der Waals surface area contributed by atoms with Crippen molar-refractivity contribution in [3.8, 4) is 5.75 Å². The first kappa shape index (κ1) is 15.4. The van der Waals surface area contributed by atoms with Crippen LogP contribution in [0.4, 0.5) is 5.69 Å². The summed E-state index contributed by atoms with van der Waals surface area (Å²) in [6.07, 6.45) is 0. The van der Waals surface area contributed by atoms with E-state index in [1.165, 1.54) is 16.7 Å². The number of aryl methyl sites for hydroxylation is 3. The van der Waals surface area contributed by atoms with Gasteiger partial charge in [0.2, 0.25) is 0 Å². The van der Waals surface area contributed by atoms with Crippen LogP contribution in [0.3, 0.4) is 0 Å². The van der Waals surface area contributed by atoms with Gasteiger partial charge in [0.25, 0.3) is 0 Å². The molecule has 1 unspecified atom stereocenters. The summed E-state index contributed by atoms with van der Waals surface area (Å²) < 4.78 is 5.24. The quantitative estimate of drug-likeness (QED) is 0.878. The van der Waals surface area contributed by atoms with Gasteiger partial charge in [-0.25, -0.2) is 0 Å². The minimum absolute atomic E-state index is 0.0436. The number of hydrogen-bond donors (Lipinski definition) is 2. The second-order valence-electron chi connectivity index (χ2n) is 5.42. The summed E-state index contributed by atoms with van der Waals surface area (Å²) in [5.74, 6) is 0.800. The topological polar surface area (TPSA) is 41.5 Å². The van der Waals surface area contributed by atoms with Crippen LogP contribution >= 0.6 is 0 Å². The largest absolute Gasteiger partial charge is 0.497 e. The molecule has 2 aromatic rings. The van der Waals surface area contributed by atoms with E-state index in [-0.39, 0.29) is 12.6 Å². The SMILES string of the molecule is COc1cccc(NC(CO)c2c(C)cc(C)cc2C)c1. The summed E-state index contributed by atoms with van der Waals surface area (Å²) in [6, 6.07) is 11.9. The van der Waals surface area contributed by atoms with E-state index < -0.39 is 0 Å². The molecule has 0 radical (unpaired) electrons. The lowest BCUT2D eigenvalue weighted by Gasteiger charge is -2.23. The fourth-order valence-electron chi connectivity index (χ4n) is 2.86. The Morgan fingerprint density at radius 2 is 1.76 bits per heavy atom. The van der Waals surface area contributed by atoms with Gasteiger partial charge in [0, 0.05) is 11.8 Å². The molecule has 2 N–H and O–H groups in total. The van der Waals surface area contributed by atoms with Gasteiger partial charge in [0.15, 0.2) is 0 Å². The number of rotatable bonds is 5. The number of aliphatic hydroxyl groups excluding tert-OH is 1. The summed E-state index contributed by atoms with van der Waals surface area (Å²) >= 11 is 0. The Morgan fingerprint density at radius 1 is 1.10 bits per heavy atom. The predicted octanol–water partition coefficient (Wildman–Crippen LogP) is 3.77. The van der Waals surface area contributed by atoms with Crippen LogP contribution in [0, 0.1) is 20.8 Å². The van der Waals surface area contributed by atoms with Crippen molar-refractivity contribution in [1.29, 1.82) is 0 Å². The molecule has 0 amide bonds. The molecule has 1 atom stereocenters.